The van der Waals surface area contributed by atoms with Crippen LogP contribution in [-0.2, 0) is 6.42 Å². The predicted molar refractivity (Wildman–Crippen MR) is 163 cm³/mol. The molecule has 3 aromatic rings. The second-order valence-electron chi connectivity index (χ2n) is 10.5. The summed E-state index contributed by atoms with van der Waals surface area (Å²) in [6, 6.07) is 14.1. The Morgan fingerprint density at radius 3 is 2.50 bits per heavy atom. The molecule has 9 heteroatoms. The summed E-state index contributed by atoms with van der Waals surface area (Å²) in [5.74, 6) is 1.77. The van der Waals surface area contributed by atoms with Crippen molar-refractivity contribution in [1.29, 1.82) is 0 Å². The molecule has 0 fully saturated rings. The fourth-order valence-corrected chi connectivity index (χ4v) is 4.97. The van der Waals surface area contributed by atoms with Crippen LogP contribution in [0.2, 0.25) is 0 Å². The zero-order valence-electron chi connectivity index (χ0n) is 23.5. The number of rotatable bonds is 9. The van der Waals surface area contributed by atoms with Crippen LogP contribution < -0.4 is 26.3 Å². The summed E-state index contributed by atoms with van der Waals surface area (Å²) in [6.45, 7) is 8.72. The molecule has 3 aromatic carbocycles. The molecule has 1 atom stereocenters. The SMILES string of the molecule is Cc1c(C)c2c(c(C)c1O)CCC(C)(CCCCOc1ccc(NC(=O)c3cccc(N=C(N)N)c3)cc1)O2.Cl. The maximum atomic E-state index is 12.6. The average Bonchev–Trinajstić information content (AvgIpc) is 2.91. The van der Waals surface area contributed by atoms with Crippen molar-refractivity contribution in [2.45, 2.75) is 65.4 Å². The first kappa shape index (κ1) is 30.6. The molecule has 8 nitrogen and oxygen atoms in total. The molecule has 214 valence electrons. The molecule has 6 N–H and O–H groups in total. The number of halogens is 1. The normalized spacial score (nSPS) is 15.7. The lowest BCUT2D eigenvalue weighted by Crippen LogP contribution is -2.37. The van der Waals surface area contributed by atoms with Gasteiger partial charge in [-0.15, -0.1) is 12.4 Å². The lowest BCUT2D eigenvalue weighted by molar-refractivity contribution is 0.0513. The van der Waals surface area contributed by atoms with E-state index in [2.05, 4.69) is 17.2 Å². The number of carbonyl (C=O) groups is 1. The molecule has 1 unspecified atom stereocenters. The number of amides is 1. The largest absolute Gasteiger partial charge is 0.507 e. The number of hydrogen-bond donors (Lipinski definition) is 4. The molecule has 1 amide bonds. The highest BCUT2D eigenvalue weighted by molar-refractivity contribution is 6.04. The van der Waals surface area contributed by atoms with Gasteiger partial charge in [-0.25, -0.2) is 4.99 Å². The topological polar surface area (TPSA) is 132 Å². The number of anilines is 1. The maximum absolute atomic E-state index is 12.6. The fraction of sp³-hybridized carbons (Fsp3) is 0.355. The van der Waals surface area contributed by atoms with Crippen LogP contribution in [0.15, 0.2) is 53.5 Å². The second-order valence-corrected chi connectivity index (χ2v) is 10.5. The average molecular weight is 567 g/mol. The number of benzene rings is 3. The van der Waals surface area contributed by atoms with E-state index in [0.29, 0.717) is 29.3 Å². The highest BCUT2D eigenvalue weighted by atomic mass is 35.5. The second kappa shape index (κ2) is 13.0. The van der Waals surface area contributed by atoms with Crippen LogP contribution in [0.3, 0.4) is 0 Å². The van der Waals surface area contributed by atoms with Gasteiger partial charge in [0.15, 0.2) is 5.96 Å². The number of nitrogens with zero attached hydrogens (tertiary/aromatic N) is 1. The van der Waals surface area contributed by atoms with E-state index in [9.17, 15) is 9.90 Å². The van der Waals surface area contributed by atoms with Crippen LogP contribution >= 0.6 is 12.4 Å². The Hall–Kier alpha value is -3.91. The predicted octanol–water partition coefficient (Wildman–Crippen LogP) is 6.23. The molecule has 40 heavy (non-hydrogen) atoms. The van der Waals surface area contributed by atoms with E-state index >= 15 is 0 Å². The molecule has 0 spiro atoms. The first-order valence-electron chi connectivity index (χ1n) is 13.3. The van der Waals surface area contributed by atoms with Gasteiger partial charge < -0.3 is 31.4 Å². The van der Waals surface area contributed by atoms with E-state index in [-0.39, 0.29) is 29.9 Å². The van der Waals surface area contributed by atoms with Crippen LogP contribution in [0, 0.1) is 20.8 Å². The number of phenols is 1. The molecule has 1 aliphatic rings. The molecule has 0 saturated heterocycles. The summed E-state index contributed by atoms with van der Waals surface area (Å²) in [5.41, 5.74) is 16.2. The van der Waals surface area contributed by atoms with Gasteiger partial charge in [0.1, 0.15) is 22.8 Å². The van der Waals surface area contributed by atoms with Gasteiger partial charge in [0.05, 0.1) is 12.3 Å². The Labute approximate surface area is 242 Å². The zero-order chi connectivity index (χ0) is 28.2. The number of aromatic hydroxyl groups is 1. The van der Waals surface area contributed by atoms with Crippen molar-refractivity contribution in [2.75, 3.05) is 11.9 Å². The van der Waals surface area contributed by atoms with Gasteiger partial charge in [0.25, 0.3) is 5.91 Å². The number of phenolic OH excluding ortho intramolecular Hbond substituents is 1. The molecule has 0 aromatic heterocycles. The van der Waals surface area contributed by atoms with Crippen LogP contribution in [0.1, 0.15) is 65.2 Å². The quantitative estimate of drug-likeness (QED) is 0.138. The minimum Gasteiger partial charge on any atom is -0.507 e. The van der Waals surface area contributed by atoms with Gasteiger partial charge in [-0.1, -0.05) is 6.07 Å². The fourth-order valence-electron chi connectivity index (χ4n) is 4.97. The van der Waals surface area contributed by atoms with Crippen molar-refractivity contribution in [2.24, 2.45) is 16.5 Å². The number of unbranched alkanes of at least 4 members (excludes halogenated alkanes) is 1. The first-order chi connectivity index (χ1) is 18.6. The summed E-state index contributed by atoms with van der Waals surface area (Å²) in [6.07, 6.45) is 4.66. The molecule has 0 saturated carbocycles. The number of fused-ring (bicyclic) bond motifs is 1. The maximum Gasteiger partial charge on any atom is 0.255 e. The summed E-state index contributed by atoms with van der Waals surface area (Å²) >= 11 is 0. The Balaban J connectivity index is 0.00000441. The highest BCUT2D eigenvalue weighted by Crippen LogP contribution is 2.44. The van der Waals surface area contributed by atoms with Crippen molar-refractivity contribution in [1.82, 2.24) is 0 Å². The molecule has 0 aliphatic carbocycles. The van der Waals surface area contributed by atoms with Crippen LogP contribution in [0.5, 0.6) is 17.2 Å². The molecular formula is C31H39ClN4O4. The van der Waals surface area contributed by atoms with Crippen LogP contribution in [0.4, 0.5) is 11.4 Å². The third-order valence-corrected chi connectivity index (χ3v) is 7.44. The van der Waals surface area contributed by atoms with Crippen molar-refractivity contribution in [3.63, 3.8) is 0 Å². The molecule has 0 radical (unpaired) electrons. The number of nitrogens with two attached hydrogens (primary N) is 2. The van der Waals surface area contributed by atoms with Crippen molar-refractivity contribution in [3.8, 4) is 17.2 Å². The Kier molecular flexibility index (Phi) is 9.93. The van der Waals surface area contributed by atoms with Crippen molar-refractivity contribution < 1.29 is 19.4 Å². The molecule has 1 aliphatic heterocycles. The van der Waals surface area contributed by atoms with E-state index in [4.69, 9.17) is 20.9 Å². The standard InChI is InChI=1S/C31H38N4O4.ClH/c1-19-20(2)28-26(21(3)27(19)36)14-16-31(4,39-28)15-5-6-17-38-25-12-10-23(11-13-25)34-29(37)22-8-7-9-24(18-22)35-30(32)33;/h7-13,18,36H,5-6,14-17H2,1-4H3,(H,34,37)(H4,32,33,35);1H. The summed E-state index contributed by atoms with van der Waals surface area (Å²) in [5, 5.41) is 13.3. The third kappa shape index (κ3) is 7.18. The van der Waals surface area contributed by atoms with E-state index in [0.717, 1.165) is 65.9 Å². The van der Waals surface area contributed by atoms with Crippen molar-refractivity contribution >= 4 is 35.6 Å². The summed E-state index contributed by atoms with van der Waals surface area (Å²) in [7, 11) is 0. The number of carbonyl (C=O) groups excluding carboxylic acids is 1. The Morgan fingerprint density at radius 1 is 1.07 bits per heavy atom. The van der Waals surface area contributed by atoms with Gasteiger partial charge in [-0.2, -0.15) is 0 Å². The lowest BCUT2D eigenvalue weighted by atomic mass is 9.85. The van der Waals surface area contributed by atoms with Gasteiger partial charge in [0, 0.05) is 16.8 Å². The van der Waals surface area contributed by atoms with Gasteiger partial charge in [-0.05, 0) is 119 Å². The molecule has 0 bridgehead atoms. The van der Waals surface area contributed by atoms with Crippen LogP contribution in [0.25, 0.3) is 0 Å². The zero-order valence-corrected chi connectivity index (χ0v) is 24.4. The minimum atomic E-state index is -0.255. The van der Waals surface area contributed by atoms with Gasteiger partial charge >= 0.3 is 0 Å². The number of ether oxygens (including phenoxy) is 2. The number of aliphatic imine (C=N–C) groups is 1. The first-order valence-corrected chi connectivity index (χ1v) is 13.3. The van der Waals surface area contributed by atoms with Gasteiger partial charge in [0.2, 0.25) is 0 Å². The van der Waals surface area contributed by atoms with E-state index in [1.54, 1.807) is 24.3 Å². The van der Waals surface area contributed by atoms with Crippen molar-refractivity contribution in [3.05, 3.63) is 76.3 Å². The van der Waals surface area contributed by atoms with Crippen LogP contribution in [-0.4, -0.2) is 29.2 Å². The molecule has 1 heterocycles. The number of guanidine groups is 1. The number of nitrogens with one attached hydrogen (secondary N) is 1. The van der Waals surface area contributed by atoms with E-state index < -0.39 is 0 Å². The Morgan fingerprint density at radius 2 is 1.80 bits per heavy atom. The Bertz CT molecular complexity index is 1390. The van der Waals surface area contributed by atoms with E-state index in [1.165, 1.54) is 0 Å². The minimum absolute atomic E-state index is 0. The summed E-state index contributed by atoms with van der Waals surface area (Å²) < 4.78 is 12.5. The van der Waals surface area contributed by atoms with Gasteiger partial charge in [-0.3, -0.25) is 4.79 Å². The lowest BCUT2D eigenvalue weighted by Gasteiger charge is -2.38. The highest BCUT2D eigenvalue weighted by Gasteiger charge is 2.34. The summed E-state index contributed by atoms with van der Waals surface area (Å²) in [4.78, 5) is 16.6. The molecular weight excluding hydrogens is 528 g/mol. The smallest absolute Gasteiger partial charge is 0.255 e. The third-order valence-electron chi connectivity index (χ3n) is 7.44. The number of hydrogen-bond acceptors (Lipinski definition) is 5. The molecule has 4 rings (SSSR count). The van der Waals surface area contributed by atoms with E-state index in [1.807, 2.05) is 45.0 Å². The monoisotopic (exact) mass is 566 g/mol.